The van der Waals surface area contributed by atoms with Crippen molar-refractivity contribution in [3.8, 4) is 0 Å². The summed E-state index contributed by atoms with van der Waals surface area (Å²) in [4.78, 5) is 0. The van der Waals surface area contributed by atoms with Gasteiger partial charge in [-0.1, -0.05) is 0 Å². The second-order valence-electron chi connectivity index (χ2n) is 4.72. The van der Waals surface area contributed by atoms with E-state index in [1.807, 2.05) is 0 Å². The molecule has 0 amide bonds. The van der Waals surface area contributed by atoms with Gasteiger partial charge in [0.15, 0.2) is 0 Å². The molecule has 1 aliphatic carbocycles. The molecule has 3 N–H and O–H groups in total. The van der Waals surface area contributed by atoms with Crippen LogP contribution >= 0.6 is 0 Å². The van der Waals surface area contributed by atoms with E-state index in [2.05, 4.69) is 19.2 Å². The Bertz CT molecular complexity index is 147. The van der Waals surface area contributed by atoms with Gasteiger partial charge in [0.05, 0.1) is 6.10 Å². The fraction of sp³-hybridized carbons (Fsp3) is 1.00. The fourth-order valence-corrected chi connectivity index (χ4v) is 1.52. The van der Waals surface area contributed by atoms with Gasteiger partial charge in [0.25, 0.3) is 0 Å². The van der Waals surface area contributed by atoms with Crippen LogP contribution in [0, 0.1) is 0 Å². The summed E-state index contributed by atoms with van der Waals surface area (Å²) in [6.45, 7) is 5.14. The first kappa shape index (κ1) is 11.0. The van der Waals surface area contributed by atoms with E-state index in [0.29, 0.717) is 12.1 Å². The van der Waals surface area contributed by atoms with E-state index in [-0.39, 0.29) is 5.54 Å². The minimum atomic E-state index is -0.0442. The summed E-state index contributed by atoms with van der Waals surface area (Å²) in [6, 6.07) is 0.660. The van der Waals surface area contributed by atoms with Crippen molar-refractivity contribution in [3.05, 3.63) is 0 Å². The number of nitrogens with two attached hydrogens (primary N) is 1. The van der Waals surface area contributed by atoms with E-state index in [0.717, 1.165) is 25.8 Å². The number of hydrogen-bond acceptors (Lipinski definition) is 3. The van der Waals surface area contributed by atoms with Crippen LogP contribution in [0.4, 0.5) is 0 Å². The molecule has 1 fully saturated rings. The fourth-order valence-electron chi connectivity index (χ4n) is 1.52. The molecular formula is C10H22N2O. The van der Waals surface area contributed by atoms with Gasteiger partial charge in [-0.2, -0.15) is 0 Å². The van der Waals surface area contributed by atoms with Gasteiger partial charge < -0.3 is 15.8 Å². The van der Waals surface area contributed by atoms with Gasteiger partial charge in [0, 0.05) is 18.7 Å². The van der Waals surface area contributed by atoms with Crippen molar-refractivity contribution in [2.45, 2.75) is 50.8 Å². The smallest absolute Gasteiger partial charge is 0.0601 e. The molecule has 0 spiro atoms. The summed E-state index contributed by atoms with van der Waals surface area (Å²) >= 11 is 0. The predicted molar refractivity (Wildman–Crippen MR) is 54.7 cm³/mol. The molecule has 13 heavy (non-hydrogen) atoms. The summed E-state index contributed by atoms with van der Waals surface area (Å²) in [5.41, 5.74) is 5.83. The highest BCUT2D eigenvalue weighted by Crippen LogP contribution is 2.22. The average molecular weight is 186 g/mol. The van der Waals surface area contributed by atoms with Crippen molar-refractivity contribution in [1.29, 1.82) is 0 Å². The van der Waals surface area contributed by atoms with Crippen molar-refractivity contribution in [1.82, 2.24) is 5.32 Å². The third kappa shape index (κ3) is 4.07. The maximum Gasteiger partial charge on any atom is 0.0601 e. The Kier molecular flexibility index (Phi) is 3.71. The minimum absolute atomic E-state index is 0.0442. The number of hydrogen-bond donors (Lipinski definition) is 2. The van der Waals surface area contributed by atoms with Gasteiger partial charge in [0.2, 0.25) is 0 Å². The molecule has 0 aromatic rings. The first-order chi connectivity index (χ1) is 6.01. The molecule has 0 bridgehead atoms. The molecule has 3 nitrogen and oxygen atoms in total. The quantitative estimate of drug-likeness (QED) is 0.670. The molecule has 1 rings (SSSR count). The maximum absolute atomic E-state index is 5.87. The van der Waals surface area contributed by atoms with Gasteiger partial charge in [-0.05, 0) is 39.7 Å². The van der Waals surface area contributed by atoms with Gasteiger partial charge in [-0.3, -0.25) is 0 Å². The minimum Gasteiger partial charge on any atom is -0.381 e. The van der Waals surface area contributed by atoms with Crippen molar-refractivity contribution in [2.24, 2.45) is 5.73 Å². The standard InChI is InChI=1S/C10H22N2O/c1-10(2,11)4-5-12-8-6-9(7-8)13-3/h8-9,12H,4-7,11H2,1-3H3. The maximum atomic E-state index is 5.87. The van der Waals surface area contributed by atoms with E-state index in [9.17, 15) is 0 Å². The monoisotopic (exact) mass is 186 g/mol. The zero-order valence-electron chi connectivity index (χ0n) is 8.97. The van der Waals surface area contributed by atoms with Crippen molar-refractivity contribution in [3.63, 3.8) is 0 Å². The second kappa shape index (κ2) is 4.40. The Morgan fingerprint density at radius 1 is 1.46 bits per heavy atom. The second-order valence-corrected chi connectivity index (χ2v) is 4.72. The lowest BCUT2D eigenvalue weighted by Gasteiger charge is -2.35. The Labute approximate surface area is 81.0 Å². The molecular weight excluding hydrogens is 164 g/mol. The van der Waals surface area contributed by atoms with Crippen LogP contribution in [0.15, 0.2) is 0 Å². The molecule has 0 aliphatic heterocycles. The Morgan fingerprint density at radius 2 is 2.08 bits per heavy atom. The average Bonchev–Trinajstić information content (AvgIpc) is 1.91. The van der Waals surface area contributed by atoms with Crippen molar-refractivity contribution < 1.29 is 4.74 Å². The van der Waals surface area contributed by atoms with Gasteiger partial charge in [0.1, 0.15) is 0 Å². The van der Waals surface area contributed by atoms with Crippen LogP contribution in [0.25, 0.3) is 0 Å². The zero-order chi connectivity index (χ0) is 9.90. The molecule has 0 radical (unpaired) electrons. The van der Waals surface area contributed by atoms with E-state index < -0.39 is 0 Å². The lowest BCUT2D eigenvalue weighted by atomic mass is 9.89. The van der Waals surface area contributed by atoms with Crippen LogP contribution in [-0.4, -0.2) is 31.3 Å². The van der Waals surface area contributed by atoms with Crippen molar-refractivity contribution >= 4 is 0 Å². The molecule has 0 aromatic heterocycles. The lowest BCUT2D eigenvalue weighted by Crippen LogP contribution is -2.47. The molecule has 0 aromatic carbocycles. The van der Waals surface area contributed by atoms with Gasteiger partial charge in [-0.25, -0.2) is 0 Å². The van der Waals surface area contributed by atoms with E-state index in [4.69, 9.17) is 10.5 Å². The van der Waals surface area contributed by atoms with Crippen LogP contribution in [0.5, 0.6) is 0 Å². The third-order valence-corrected chi connectivity index (χ3v) is 2.63. The topological polar surface area (TPSA) is 47.3 Å². The number of methoxy groups -OCH3 is 1. The molecule has 0 atom stereocenters. The summed E-state index contributed by atoms with van der Waals surface area (Å²) in [5, 5.41) is 3.48. The highest BCUT2D eigenvalue weighted by molar-refractivity contribution is 4.86. The van der Waals surface area contributed by atoms with Crippen LogP contribution < -0.4 is 11.1 Å². The first-order valence-corrected chi connectivity index (χ1v) is 5.06. The SMILES string of the molecule is COC1CC(NCCC(C)(C)N)C1. The Balaban J connectivity index is 1.97. The normalized spacial score (nSPS) is 28.6. The highest BCUT2D eigenvalue weighted by Gasteiger charge is 2.28. The summed E-state index contributed by atoms with van der Waals surface area (Å²) < 4.78 is 5.20. The zero-order valence-corrected chi connectivity index (χ0v) is 8.97. The van der Waals surface area contributed by atoms with E-state index in [1.54, 1.807) is 7.11 Å². The largest absolute Gasteiger partial charge is 0.381 e. The van der Waals surface area contributed by atoms with Gasteiger partial charge >= 0.3 is 0 Å². The van der Waals surface area contributed by atoms with Crippen molar-refractivity contribution in [2.75, 3.05) is 13.7 Å². The number of rotatable bonds is 5. The van der Waals surface area contributed by atoms with E-state index in [1.165, 1.54) is 0 Å². The van der Waals surface area contributed by atoms with Crippen LogP contribution in [0.3, 0.4) is 0 Å². The molecule has 0 saturated heterocycles. The summed E-state index contributed by atoms with van der Waals surface area (Å²) in [5.74, 6) is 0. The molecule has 1 aliphatic rings. The highest BCUT2D eigenvalue weighted by atomic mass is 16.5. The lowest BCUT2D eigenvalue weighted by molar-refractivity contribution is 0.0172. The summed E-state index contributed by atoms with van der Waals surface area (Å²) in [6.07, 6.45) is 3.83. The summed E-state index contributed by atoms with van der Waals surface area (Å²) in [7, 11) is 1.78. The first-order valence-electron chi connectivity index (χ1n) is 5.06. The molecule has 0 unspecified atom stereocenters. The van der Waals surface area contributed by atoms with Crippen LogP contribution in [-0.2, 0) is 4.74 Å². The number of ether oxygens (including phenoxy) is 1. The molecule has 3 heteroatoms. The number of nitrogens with one attached hydrogen (secondary N) is 1. The Morgan fingerprint density at radius 3 is 2.54 bits per heavy atom. The predicted octanol–water partition coefficient (Wildman–Crippen LogP) is 0.881. The molecule has 1 saturated carbocycles. The third-order valence-electron chi connectivity index (χ3n) is 2.63. The van der Waals surface area contributed by atoms with Gasteiger partial charge in [-0.15, -0.1) is 0 Å². The molecule has 78 valence electrons. The Hall–Kier alpha value is -0.120. The van der Waals surface area contributed by atoms with Crippen LogP contribution in [0.1, 0.15) is 33.1 Å². The van der Waals surface area contributed by atoms with E-state index >= 15 is 0 Å². The van der Waals surface area contributed by atoms with Crippen LogP contribution in [0.2, 0.25) is 0 Å². The molecule has 0 heterocycles.